The highest BCUT2D eigenvalue weighted by Crippen LogP contribution is 2.40. The zero-order valence-corrected chi connectivity index (χ0v) is 26.6. The first-order valence-electron chi connectivity index (χ1n) is 14.8. The van der Waals surface area contributed by atoms with Crippen molar-refractivity contribution < 1.29 is 41.7 Å². The van der Waals surface area contributed by atoms with Gasteiger partial charge in [-0.2, -0.15) is 13.9 Å². The smallest absolute Gasteiger partial charge is 0.333 e. The van der Waals surface area contributed by atoms with Crippen molar-refractivity contribution >= 4 is 28.4 Å². The van der Waals surface area contributed by atoms with Crippen LogP contribution in [0, 0.1) is 17.5 Å². The fourth-order valence-corrected chi connectivity index (χ4v) is 5.63. The summed E-state index contributed by atoms with van der Waals surface area (Å²) >= 11 is 5.93. The number of methoxy groups -OCH3 is 1. The van der Waals surface area contributed by atoms with E-state index in [9.17, 15) is 28.2 Å². The van der Waals surface area contributed by atoms with Crippen molar-refractivity contribution in [2.24, 2.45) is 0 Å². The predicted octanol–water partition coefficient (Wildman–Crippen LogP) is 7.25. The number of pyridine rings is 1. The second kappa shape index (κ2) is 13.5. The molecule has 0 radical (unpaired) electrons. The highest BCUT2D eigenvalue weighted by molar-refractivity contribution is 6.31. The van der Waals surface area contributed by atoms with Crippen LogP contribution in [0.5, 0.6) is 5.75 Å². The molecule has 0 bridgehead atoms. The topological polar surface area (TPSA) is 110 Å². The van der Waals surface area contributed by atoms with Crippen molar-refractivity contribution in [2.45, 2.75) is 44.4 Å². The molecule has 3 N–H and O–H groups in total. The number of hydrogen-bond acceptors (Lipinski definition) is 6. The minimum Gasteiger partial charge on any atom is -0.494 e. The fourth-order valence-electron chi connectivity index (χ4n) is 5.47. The van der Waals surface area contributed by atoms with Crippen LogP contribution in [0.15, 0.2) is 66.9 Å². The Morgan fingerprint density at radius 1 is 1.02 bits per heavy atom. The molecule has 0 fully saturated rings. The molecule has 5 rings (SSSR count). The molecule has 3 aromatic carbocycles. The van der Waals surface area contributed by atoms with Gasteiger partial charge in [-0.15, -0.1) is 0 Å². The number of nitrogens with zero attached hydrogens (tertiary/aromatic N) is 3. The number of rotatable bonds is 11. The van der Waals surface area contributed by atoms with Crippen LogP contribution in [0.1, 0.15) is 60.4 Å². The van der Waals surface area contributed by atoms with Crippen molar-refractivity contribution in [3.05, 3.63) is 112 Å². The summed E-state index contributed by atoms with van der Waals surface area (Å²) in [5.74, 6) is -4.11. The first kappa shape index (κ1) is 34.7. The molecule has 2 heterocycles. The van der Waals surface area contributed by atoms with Gasteiger partial charge in [-0.25, -0.2) is 22.8 Å². The normalized spacial score (nSPS) is 13.2. The lowest BCUT2D eigenvalue weighted by Gasteiger charge is -2.32. The number of amides is 1. The first-order chi connectivity index (χ1) is 22.8. The number of ether oxygens (including phenoxy) is 1. The third-order valence-electron chi connectivity index (χ3n) is 8.35. The molecular formula is C34H30ClF5N4O4. The molecule has 0 unspecified atom stereocenters. The van der Waals surface area contributed by atoms with Crippen molar-refractivity contribution in [3.8, 4) is 17.0 Å². The van der Waals surface area contributed by atoms with Crippen LogP contribution in [-0.2, 0) is 11.2 Å². The molecule has 8 nitrogen and oxygen atoms in total. The molecule has 252 valence electrons. The Morgan fingerprint density at radius 2 is 1.71 bits per heavy atom. The van der Waals surface area contributed by atoms with Crippen LogP contribution in [-0.4, -0.2) is 44.5 Å². The molecule has 0 saturated heterocycles. The maximum atomic E-state index is 16.3. The summed E-state index contributed by atoms with van der Waals surface area (Å²) in [7, 11) is 1.28. The average Bonchev–Trinajstić information content (AvgIpc) is 3.53. The van der Waals surface area contributed by atoms with Gasteiger partial charge in [0, 0.05) is 34.3 Å². The van der Waals surface area contributed by atoms with Crippen molar-refractivity contribution in [3.63, 3.8) is 0 Å². The summed E-state index contributed by atoms with van der Waals surface area (Å²) in [6, 6.07) is 13.0. The predicted molar refractivity (Wildman–Crippen MR) is 168 cm³/mol. The van der Waals surface area contributed by atoms with Gasteiger partial charge in [0.2, 0.25) is 0 Å². The molecule has 1 amide bonds. The number of aromatic nitrogens is 3. The number of aliphatic hydroxyl groups is 2. The van der Waals surface area contributed by atoms with Gasteiger partial charge >= 0.3 is 6.55 Å². The summed E-state index contributed by atoms with van der Waals surface area (Å²) in [5, 5.41) is 29.9. The Labute approximate surface area is 276 Å². The second-order valence-electron chi connectivity index (χ2n) is 11.1. The van der Waals surface area contributed by atoms with E-state index < -0.39 is 63.9 Å². The van der Waals surface area contributed by atoms with E-state index in [-0.39, 0.29) is 51.9 Å². The van der Waals surface area contributed by atoms with Gasteiger partial charge in [-0.05, 0) is 42.7 Å². The molecule has 14 heteroatoms. The minimum absolute atomic E-state index is 0.0168. The van der Waals surface area contributed by atoms with Crippen LogP contribution in [0.4, 0.5) is 22.0 Å². The van der Waals surface area contributed by atoms with Gasteiger partial charge in [0.25, 0.3) is 5.91 Å². The van der Waals surface area contributed by atoms with Crippen LogP contribution in [0.3, 0.4) is 0 Å². The third kappa shape index (κ3) is 6.32. The molecule has 48 heavy (non-hydrogen) atoms. The largest absolute Gasteiger partial charge is 0.494 e. The van der Waals surface area contributed by atoms with E-state index in [4.69, 9.17) is 16.3 Å². The molecule has 0 aliphatic rings. The van der Waals surface area contributed by atoms with Gasteiger partial charge < -0.3 is 20.3 Å². The Bertz CT molecular complexity index is 1990. The lowest BCUT2D eigenvalue weighted by molar-refractivity contribution is 0.0236. The van der Waals surface area contributed by atoms with E-state index in [1.807, 2.05) is 0 Å². The SMILES string of the molecule is CCC(O)(CC)c1cc([C@@](O)(CNC(=O)c2cc(OC)c3nn(C(F)F)cc3c2)c2ccccc2)nc(-c2cc(Cl)c(F)cc2F)c1F. The highest BCUT2D eigenvalue weighted by atomic mass is 35.5. The van der Waals surface area contributed by atoms with Gasteiger partial charge in [0.1, 0.15) is 34.2 Å². The van der Waals surface area contributed by atoms with Crippen molar-refractivity contribution in [1.82, 2.24) is 20.1 Å². The van der Waals surface area contributed by atoms with Crippen LogP contribution >= 0.6 is 11.6 Å². The summed E-state index contributed by atoms with van der Waals surface area (Å²) in [4.78, 5) is 17.8. The van der Waals surface area contributed by atoms with Gasteiger partial charge in [-0.1, -0.05) is 55.8 Å². The number of fused-ring (bicyclic) bond motifs is 1. The number of hydrogen-bond donors (Lipinski definition) is 3. The second-order valence-corrected chi connectivity index (χ2v) is 11.5. The molecule has 2 aromatic heterocycles. The van der Waals surface area contributed by atoms with Crippen LogP contribution < -0.4 is 10.1 Å². The zero-order valence-electron chi connectivity index (χ0n) is 25.9. The van der Waals surface area contributed by atoms with E-state index in [1.54, 1.807) is 32.0 Å². The first-order valence-corrected chi connectivity index (χ1v) is 15.1. The standard InChI is InChI=1S/C34H30ClF5N4O4/c1-4-33(46,5-2)22-14-27(42-30(28(22)38)21-13-23(35)25(37)15-24(21)36)34(47,20-9-7-6-8-10-20)17-41-31(45)18-11-19-16-44(32(39)40)43-29(19)26(12-18)48-3/h6-16,32,46-47H,4-5,17H2,1-3H3,(H,41,45)/t34-/m1/s1. The third-order valence-corrected chi connectivity index (χ3v) is 8.64. The highest BCUT2D eigenvalue weighted by Gasteiger charge is 2.39. The van der Waals surface area contributed by atoms with Gasteiger partial charge in [0.15, 0.2) is 5.82 Å². The monoisotopic (exact) mass is 688 g/mol. The van der Waals surface area contributed by atoms with E-state index in [0.717, 1.165) is 18.3 Å². The van der Waals surface area contributed by atoms with Gasteiger partial charge in [0.05, 0.1) is 30.0 Å². The number of alkyl halides is 2. The Morgan fingerprint density at radius 3 is 2.33 bits per heavy atom. The molecule has 5 aromatic rings. The summed E-state index contributed by atoms with van der Waals surface area (Å²) in [6.45, 7) is -0.307. The van der Waals surface area contributed by atoms with E-state index in [2.05, 4.69) is 15.4 Å². The van der Waals surface area contributed by atoms with E-state index in [0.29, 0.717) is 10.7 Å². The molecule has 0 aliphatic heterocycles. The quantitative estimate of drug-likeness (QED) is 0.0997. The number of carbonyl (C=O) groups excluding carboxylic acids is 1. The average molecular weight is 689 g/mol. The van der Waals surface area contributed by atoms with Gasteiger partial charge in [-0.3, -0.25) is 4.79 Å². The van der Waals surface area contributed by atoms with E-state index in [1.165, 1.54) is 31.4 Å². The van der Waals surface area contributed by atoms with Crippen molar-refractivity contribution in [1.29, 1.82) is 0 Å². The fraction of sp³-hybridized carbons (Fsp3) is 0.265. The number of nitrogens with one attached hydrogen (secondary N) is 1. The molecular weight excluding hydrogens is 659 g/mol. The molecule has 0 saturated carbocycles. The van der Waals surface area contributed by atoms with E-state index >= 15 is 8.78 Å². The maximum Gasteiger partial charge on any atom is 0.333 e. The number of carbonyl (C=O) groups is 1. The number of halogens is 6. The van der Waals surface area contributed by atoms with Crippen molar-refractivity contribution in [2.75, 3.05) is 13.7 Å². The summed E-state index contributed by atoms with van der Waals surface area (Å²) < 4.78 is 77.8. The van der Waals surface area contributed by atoms with Crippen LogP contribution in [0.2, 0.25) is 5.02 Å². The maximum absolute atomic E-state index is 16.3. The Hall–Kier alpha value is -4.59. The molecule has 0 spiro atoms. The molecule has 1 atom stereocenters. The number of benzene rings is 3. The summed E-state index contributed by atoms with van der Waals surface area (Å²) in [5.41, 5.74) is -5.56. The zero-order chi connectivity index (χ0) is 35.0. The Balaban J connectivity index is 1.66. The summed E-state index contributed by atoms with van der Waals surface area (Å²) in [6.07, 6.45) is 1.08. The minimum atomic E-state index is -2.93. The lowest BCUT2D eigenvalue weighted by atomic mass is 9.83. The molecule has 0 aliphatic carbocycles. The van der Waals surface area contributed by atoms with Crippen LogP contribution in [0.25, 0.3) is 22.2 Å². The Kier molecular flexibility index (Phi) is 9.77. The lowest BCUT2D eigenvalue weighted by Crippen LogP contribution is -2.43.